The second-order valence-electron chi connectivity index (χ2n) is 5.55. The van der Waals surface area contributed by atoms with Crippen LogP contribution >= 0.6 is 11.3 Å². The van der Waals surface area contributed by atoms with Crippen LogP contribution in [0.4, 0.5) is 0 Å². The fourth-order valence-corrected chi connectivity index (χ4v) is 2.76. The van der Waals surface area contributed by atoms with Gasteiger partial charge >= 0.3 is 5.97 Å². The number of aromatic nitrogens is 1. The molecule has 1 heterocycles. The number of aryl methyl sites for hydroxylation is 1. The summed E-state index contributed by atoms with van der Waals surface area (Å²) in [7, 11) is 0. The number of rotatable bonds is 6. The van der Waals surface area contributed by atoms with E-state index in [1.807, 2.05) is 51.1 Å². The molecule has 0 aliphatic heterocycles. The second-order valence-corrected chi connectivity index (χ2v) is 6.75. The molecule has 0 saturated heterocycles. The van der Waals surface area contributed by atoms with Gasteiger partial charge in [0.1, 0.15) is 4.88 Å². The summed E-state index contributed by atoms with van der Waals surface area (Å²) in [6, 6.07) is 9.46. The van der Waals surface area contributed by atoms with Crippen LogP contribution in [0.3, 0.4) is 0 Å². The van der Waals surface area contributed by atoms with Crippen molar-refractivity contribution in [3.63, 3.8) is 0 Å². The molecular weight excluding hydrogens is 312 g/mol. The Morgan fingerprint density at radius 3 is 2.61 bits per heavy atom. The van der Waals surface area contributed by atoms with Gasteiger partial charge in [-0.1, -0.05) is 44.2 Å². The van der Waals surface area contributed by atoms with Gasteiger partial charge in [0.05, 0.1) is 10.7 Å². The summed E-state index contributed by atoms with van der Waals surface area (Å²) in [6.45, 7) is 6.11. The molecule has 0 spiro atoms. The maximum absolute atomic E-state index is 12.3. The smallest absolute Gasteiger partial charge is 0.351 e. The van der Waals surface area contributed by atoms with Gasteiger partial charge in [0, 0.05) is 12.1 Å². The zero-order valence-electron chi connectivity index (χ0n) is 13.5. The molecule has 0 aliphatic rings. The molecule has 5 nitrogen and oxygen atoms in total. The number of thiazole rings is 1. The zero-order chi connectivity index (χ0) is 16.8. The van der Waals surface area contributed by atoms with Crippen molar-refractivity contribution < 1.29 is 14.3 Å². The standard InChI is InChI=1S/C17H20N2O3S/c1-11(2)9-18-14(20)10-22-17(21)16-15(19-12(3)23-16)13-7-5-4-6-8-13/h4-8,11H,9-10H2,1-3H3,(H,18,20). The third kappa shape index (κ3) is 4.89. The molecule has 0 saturated carbocycles. The normalized spacial score (nSPS) is 10.6. The fourth-order valence-electron chi connectivity index (χ4n) is 1.92. The van der Waals surface area contributed by atoms with Crippen LogP contribution in [-0.4, -0.2) is 30.0 Å². The van der Waals surface area contributed by atoms with Crippen LogP contribution in [0.2, 0.25) is 0 Å². The third-order valence-corrected chi connectivity index (χ3v) is 3.96. The number of carbonyl (C=O) groups excluding carboxylic acids is 2. The lowest BCUT2D eigenvalue weighted by atomic mass is 10.1. The van der Waals surface area contributed by atoms with Crippen LogP contribution in [0, 0.1) is 12.8 Å². The average molecular weight is 332 g/mol. The third-order valence-electron chi connectivity index (χ3n) is 3.01. The van der Waals surface area contributed by atoms with Gasteiger partial charge in [-0.05, 0) is 12.8 Å². The summed E-state index contributed by atoms with van der Waals surface area (Å²) in [5.41, 5.74) is 1.45. The highest BCUT2D eigenvalue weighted by atomic mass is 32.1. The quantitative estimate of drug-likeness (QED) is 0.826. The van der Waals surface area contributed by atoms with Gasteiger partial charge in [-0.2, -0.15) is 0 Å². The largest absolute Gasteiger partial charge is 0.451 e. The maximum atomic E-state index is 12.3. The number of esters is 1. The van der Waals surface area contributed by atoms with Crippen molar-refractivity contribution in [2.75, 3.05) is 13.2 Å². The number of nitrogens with one attached hydrogen (secondary N) is 1. The summed E-state index contributed by atoms with van der Waals surface area (Å²) < 4.78 is 5.12. The Morgan fingerprint density at radius 1 is 1.26 bits per heavy atom. The Morgan fingerprint density at radius 2 is 1.96 bits per heavy atom. The SMILES string of the molecule is Cc1nc(-c2ccccc2)c(C(=O)OCC(=O)NCC(C)C)s1. The lowest BCUT2D eigenvalue weighted by molar-refractivity contribution is -0.124. The van der Waals surface area contributed by atoms with E-state index in [9.17, 15) is 9.59 Å². The van der Waals surface area contributed by atoms with Crippen molar-refractivity contribution in [1.29, 1.82) is 0 Å². The van der Waals surface area contributed by atoms with Gasteiger partial charge in [-0.25, -0.2) is 9.78 Å². The monoisotopic (exact) mass is 332 g/mol. The lowest BCUT2D eigenvalue weighted by Gasteiger charge is -2.08. The summed E-state index contributed by atoms with van der Waals surface area (Å²) >= 11 is 1.27. The molecule has 0 aliphatic carbocycles. The Bertz CT molecular complexity index is 680. The molecule has 1 N–H and O–H groups in total. The predicted octanol–water partition coefficient (Wildman–Crippen LogP) is 3.05. The molecule has 1 aromatic heterocycles. The minimum absolute atomic E-state index is 0.281. The van der Waals surface area contributed by atoms with Crippen LogP contribution in [0.5, 0.6) is 0 Å². The van der Waals surface area contributed by atoms with E-state index in [0.29, 0.717) is 23.0 Å². The van der Waals surface area contributed by atoms with Crippen LogP contribution in [-0.2, 0) is 9.53 Å². The van der Waals surface area contributed by atoms with E-state index in [1.54, 1.807) is 0 Å². The molecule has 2 rings (SSSR count). The first-order chi connectivity index (χ1) is 11.0. The second kappa shape index (κ2) is 7.87. The summed E-state index contributed by atoms with van der Waals surface area (Å²) in [5, 5.41) is 3.49. The number of benzene rings is 1. The molecule has 0 unspecified atom stereocenters. The fraction of sp³-hybridized carbons (Fsp3) is 0.353. The number of hydrogen-bond acceptors (Lipinski definition) is 5. The molecule has 1 aromatic carbocycles. The van der Waals surface area contributed by atoms with Crippen LogP contribution in [0.1, 0.15) is 28.5 Å². The molecule has 1 amide bonds. The van der Waals surface area contributed by atoms with E-state index in [0.717, 1.165) is 10.6 Å². The average Bonchev–Trinajstić information content (AvgIpc) is 2.93. The minimum Gasteiger partial charge on any atom is -0.451 e. The van der Waals surface area contributed by atoms with E-state index in [4.69, 9.17) is 4.74 Å². The Hall–Kier alpha value is -2.21. The van der Waals surface area contributed by atoms with Gasteiger partial charge in [0.25, 0.3) is 5.91 Å². The Labute approximate surface area is 139 Å². The topological polar surface area (TPSA) is 68.3 Å². The molecule has 23 heavy (non-hydrogen) atoms. The van der Waals surface area contributed by atoms with E-state index in [1.165, 1.54) is 11.3 Å². The number of ether oxygens (including phenoxy) is 1. The van der Waals surface area contributed by atoms with E-state index < -0.39 is 5.97 Å². The first kappa shape index (κ1) is 17.1. The number of amides is 1. The van der Waals surface area contributed by atoms with Crippen molar-refractivity contribution in [3.8, 4) is 11.3 Å². The zero-order valence-corrected chi connectivity index (χ0v) is 14.3. The van der Waals surface area contributed by atoms with Gasteiger partial charge in [-0.3, -0.25) is 4.79 Å². The van der Waals surface area contributed by atoms with Crippen molar-refractivity contribution >= 4 is 23.2 Å². The van der Waals surface area contributed by atoms with Gasteiger partial charge in [0.2, 0.25) is 0 Å². The van der Waals surface area contributed by atoms with E-state index in [2.05, 4.69) is 10.3 Å². The van der Waals surface area contributed by atoms with Crippen molar-refractivity contribution in [2.45, 2.75) is 20.8 Å². The number of carbonyl (C=O) groups is 2. The number of hydrogen-bond donors (Lipinski definition) is 1. The molecule has 0 fully saturated rings. The lowest BCUT2D eigenvalue weighted by Crippen LogP contribution is -2.31. The minimum atomic E-state index is -0.519. The Kier molecular flexibility index (Phi) is 5.87. The van der Waals surface area contributed by atoms with Gasteiger partial charge in [-0.15, -0.1) is 11.3 Å². The molecule has 122 valence electrons. The molecular formula is C17H20N2O3S. The first-order valence-electron chi connectivity index (χ1n) is 7.44. The highest BCUT2D eigenvalue weighted by Gasteiger charge is 2.20. The van der Waals surface area contributed by atoms with Crippen LogP contribution in [0.25, 0.3) is 11.3 Å². The van der Waals surface area contributed by atoms with Crippen molar-refractivity contribution in [2.24, 2.45) is 5.92 Å². The van der Waals surface area contributed by atoms with Crippen molar-refractivity contribution in [1.82, 2.24) is 10.3 Å². The molecule has 6 heteroatoms. The Balaban J connectivity index is 2.04. The molecule has 0 atom stereocenters. The van der Waals surface area contributed by atoms with Crippen LogP contribution in [0.15, 0.2) is 30.3 Å². The molecule has 0 radical (unpaired) electrons. The molecule has 0 bridgehead atoms. The highest BCUT2D eigenvalue weighted by molar-refractivity contribution is 7.14. The van der Waals surface area contributed by atoms with E-state index >= 15 is 0 Å². The van der Waals surface area contributed by atoms with Gasteiger partial charge in [0.15, 0.2) is 6.61 Å². The van der Waals surface area contributed by atoms with Crippen molar-refractivity contribution in [3.05, 3.63) is 40.2 Å². The predicted molar refractivity (Wildman–Crippen MR) is 90.4 cm³/mol. The van der Waals surface area contributed by atoms with Crippen LogP contribution < -0.4 is 5.32 Å². The number of nitrogens with zero attached hydrogens (tertiary/aromatic N) is 1. The summed E-state index contributed by atoms with van der Waals surface area (Å²) in [5.74, 6) is -0.466. The first-order valence-corrected chi connectivity index (χ1v) is 8.25. The highest BCUT2D eigenvalue weighted by Crippen LogP contribution is 2.28. The maximum Gasteiger partial charge on any atom is 0.351 e. The molecule has 2 aromatic rings. The summed E-state index contributed by atoms with van der Waals surface area (Å²) in [6.07, 6.45) is 0. The van der Waals surface area contributed by atoms with Gasteiger partial charge < -0.3 is 10.1 Å². The summed E-state index contributed by atoms with van der Waals surface area (Å²) in [4.78, 5) is 28.7. The van der Waals surface area contributed by atoms with E-state index in [-0.39, 0.29) is 12.5 Å².